The Morgan fingerprint density at radius 2 is 1.91 bits per heavy atom. The van der Waals surface area contributed by atoms with Gasteiger partial charge in [-0.3, -0.25) is 0 Å². The first-order valence-electron chi connectivity index (χ1n) is 8.71. The van der Waals surface area contributed by atoms with E-state index in [-0.39, 0.29) is 6.09 Å². The van der Waals surface area contributed by atoms with Crippen molar-refractivity contribution in [1.29, 1.82) is 0 Å². The maximum absolute atomic E-state index is 12.3. The van der Waals surface area contributed by atoms with Gasteiger partial charge in [0.25, 0.3) is 0 Å². The molecule has 0 aromatic carbocycles. The van der Waals surface area contributed by atoms with E-state index in [1.165, 1.54) is 0 Å². The zero-order chi connectivity index (χ0) is 17.0. The van der Waals surface area contributed by atoms with Gasteiger partial charge in [0.15, 0.2) is 0 Å². The summed E-state index contributed by atoms with van der Waals surface area (Å²) >= 11 is 0. The fourth-order valence-electron chi connectivity index (χ4n) is 2.83. The summed E-state index contributed by atoms with van der Waals surface area (Å²) < 4.78 is 5.53. The quantitative estimate of drug-likeness (QED) is 0.827. The van der Waals surface area contributed by atoms with Crippen molar-refractivity contribution < 1.29 is 9.53 Å². The Bertz CT molecular complexity index is 355. The van der Waals surface area contributed by atoms with Crippen LogP contribution in [0.3, 0.4) is 0 Å². The molecule has 1 N–H and O–H groups in total. The van der Waals surface area contributed by atoms with E-state index in [9.17, 15) is 4.79 Å². The third-order valence-electron chi connectivity index (χ3n) is 4.00. The smallest absolute Gasteiger partial charge is 0.410 e. The van der Waals surface area contributed by atoms with Crippen LogP contribution >= 0.6 is 0 Å². The number of rotatable bonds is 5. The number of ether oxygens (including phenoxy) is 1. The van der Waals surface area contributed by atoms with E-state index in [1.807, 2.05) is 25.7 Å². The lowest BCUT2D eigenvalue weighted by Gasteiger charge is -2.30. The van der Waals surface area contributed by atoms with Crippen molar-refractivity contribution in [3.8, 4) is 0 Å². The van der Waals surface area contributed by atoms with E-state index in [2.05, 4.69) is 33.0 Å². The fourth-order valence-corrected chi connectivity index (χ4v) is 2.83. The van der Waals surface area contributed by atoms with Crippen molar-refractivity contribution in [2.24, 2.45) is 5.41 Å². The van der Waals surface area contributed by atoms with Crippen LogP contribution in [0.1, 0.15) is 74.1 Å². The lowest BCUT2D eigenvalue weighted by molar-refractivity contribution is 0.0214. The zero-order valence-corrected chi connectivity index (χ0v) is 15.7. The first-order chi connectivity index (χ1) is 9.98. The van der Waals surface area contributed by atoms with Crippen LogP contribution in [0, 0.1) is 5.41 Å². The van der Waals surface area contributed by atoms with E-state index in [0.717, 1.165) is 38.8 Å². The third kappa shape index (κ3) is 7.48. The van der Waals surface area contributed by atoms with Crippen LogP contribution in [-0.4, -0.2) is 41.8 Å². The van der Waals surface area contributed by atoms with Crippen LogP contribution in [0.5, 0.6) is 0 Å². The predicted molar refractivity (Wildman–Crippen MR) is 92.1 cm³/mol. The Labute approximate surface area is 137 Å². The Morgan fingerprint density at radius 3 is 2.45 bits per heavy atom. The molecule has 0 aromatic rings. The standard InChI is InChI=1S/C18H36N2O2/c1-14(19-11-10-17(2,3)4)13-15-9-8-12-20(15)16(21)22-18(5,6)7/h14-15,19H,8-13H2,1-7H3. The van der Waals surface area contributed by atoms with Crippen LogP contribution < -0.4 is 5.32 Å². The van der Waals surface area contributed by atoms with Gasteiger partial charge in [0, 0.05) is 18.6 Å². The topological polar surface area (TPSA) is 41.6 Å². The number of hydrogen-bond acceptors (Lipinski definition) is 3. The van der Waals surface area contributed by atoms with Crippen molar-refractivity contribution in [2.75, 3.05) is 13.1 Å². The normalized spacial score (nSPS) is 21.0. The molecule has 1 heterocycles. The van der Waals surface area contributed by atoms with Gasteiger partial charge in [0.2, 0.25) is 0 Å². The molecular formula is C18H36N2O2. The van der Waals surface area contributed by atoms with Crippen LogP contribution in [0.4, 0.5) is 4.79 Å². The predicted octanol–water partition coefficient (Wildman–Crippen LogP) is 4.19. The van der Waals surface area contributed by atoms with Gasteiger partial charge in [-0.15, -0.1) is 0 Å². The van der Waals surface area contributed by atoms with Gasteiger partial charge in [0.1, 0.15) is 5.60 Å². The average molecular weight is 312 g/mol. The van der Waals surface area contributed by atoms with Crippen LogP contribution in [0.15, 0.2) is 0 Å². The highest BCUT2D eigenvalue weighted by Crippen LogP contribution is 2.24. The third-order valence-corrected chi connectivity index (χ3v) is 4.00. The number of nitrogens with one attached hydrogen (secondary N) is 1. The summed E-state index contributed by atoms with van der Waals surface area (Å²) in [7, 11) is 0. The Kier molecular flexibility index (Phi) is 6.72. The van der Waals surface area contributed by atoms with E-state index in [4.69, 9.17) is 4.74 Å². The lowest BCUT2D eigenvalue weighted by atomic mass is 9.92. The summed E-state index contributed by atoms with van der Waals surface area (Å²) in [4.78, 5) is 14.2. The van der Waals surface area contributed by atoms with Crippen LogP contribution in [0.2, 0.25) is 0 Å². The maximum atomic E-state index is 12.3. The minimum atomic E-state index is -0.416. The molecule has 1 rings (SSSR count). The molecule has 1 amide bonds. The second-order valence-corrected chi connectivity index (χ2v) is 8.87. The van der Waals surface area contributed by atoms with Crippen LogP contribution in [-0.2, 0) is 4.74 Å². The Hall–Kier alpha value is -0.770. The largest absolute Gasteiger partial charge is 0.444 e. The van der Waals surface area contributed by atoms with Gasteiger partial charge < -0.3 is 15.0 Å². The second kappa shape index (κ2) is 7.67. The molecular weight excluding hydrogens is 276 g/mol. The van der Waals surface area contributed by atoms with E-state index in [0.29, 0.717) is 17.5 Å². The molecule has 1 fully saturated rings. The zero-order valence-electron chi connectivity index (χ0n) is 15.7. The van der Waals surface area contributed by atoms with Gasteiger partial charge in [0.05, 0.1) is 0 Å². The van der Waals surface area contributed by atoms with Gasteiger partial charge >= 0.3 is 6.09 Å². The van der Waals surface area contributed by atoms with E-state index >= 15 is 0 Å². The molecule has 1 aliphatic heterocycles. The lowest BCUT2D eigenvalue weighted by Crippen LogP contribution is -2.42. The molecule has 0 radical (unpaired) electrons. The van der Waals surface area contributed by atoms with Gasteiger partial charge in [-0.2, -0.15) is 0 Å². The highest BCUT2D eigenvalue weighted by molar-refractivity contribution is 5.68. The van der Waals surface area contributed by atoms with Gasteiger partial charge in [-0.05, 0) is 65.3 Å². The highest BCUT2D eigenvalue weighted by atomic mass is 16.6. The number of nitrogens with zero attached hydrogens (tertiary/aromatic N) is 1. The molecule has 0 spiro atoms. The van der Waals surface area contributed by atoms with Gasteiger partial charge in [-0.1, -0.05) is 20.8 Å². The SMILES string of the molecule is CC(CC1CCCN1C(=O)OC(C)(C)C)NCCC(C)(C)C. The summed E-state index contributed by atoms with van der Waals surface area (Å²) in [5, 5.41) is 3.59. The van der Waals surface area contributed by atoms with Crippen molar-refractivity contribution >= 4 is 6.09 Å². The molecule has 0 bridgehead atoms. The summed E-state index contributed by atoms with van der Waals surface area (Å²) in [5.41, 5.74) is -0.0522. The fraction of sp³-hybridized carbons (Fsp3) is 0.944. The summed E-state index contributed by atoms with van der Waals surface area (Å²) in [6, 6.07) is 0.738. The first kappa shape index (κ1) is 19.3. The first-order valence-corrected chi connectivity index (χ1v) is 8.71. The second-order valence-electron chi connectivity index (χ2n) is 8.87. The van der Waals surface area contributed by atoms with Crippen molar-refractivity contribution in [2.45, 2.75) is 91.8 Å². The van der Waals surface area contributed by atoms with Crippen LogP contribution in [0.25, 0.3) is 0 Å². The number of hydrogen-bond donors (Lipinski definition) is 1. The Balaban J connectivity index is 2.41. The summed E-state index contributed by atoms with van der Waals surface area (Å²) in [6.45, 7) is 16.6. The number of carbonyl (C=O) groups excluding carboxylic acids is 1. The minimum absolute atomic E-state index is 0.156. The van der Waals surface area contributed by atoms with Gasteiger partial charge in [-0.25, -0.2) is 4.79 Å². The maximum Gasteiger partial charge on any atom is 0.410 e. The molecule has 0 saturated carbocycles. The number of amides is 1. The molecule has 4 heteroatoms. The monoisotopic (exact) mass is 312 g/mol. The highest BCUT2D eigenvalue weighted by Gasteiger charge is 2.32. The van der Waals surface area contributed by atoms with Crippen molar-refractivity contribution in [3.05, 3.63) is 0 Å². The molecule has 1 aliphatic rings. The van der Waals surface area contributed by atoms with E-state index < -0.39 is 5.60 Å². The molecule has 2 unspecified atom stereocenters. The molecule has 0 aromatic heterocycles. The average Bonchev–Trinajstić information content (AvgIpc) is 2.72. The van der Waals surface area contributed by atoms with Crippen molar-refractivity contribution in [1.82, 2.24) is 10.2 Å². The molecule has 1 saturated heterocycles. The molecule has 130 valence electrons. The molecule has 2 atom stereocenters. The molecule has 4 nitrogen and oxygen atoms in total. The minimum Gasteiger partial charge on any atom is -0.444 e. The van der Waals surface area contributed by atoms with Crippen molar-refractivity contribution in [3.63, 3.8) is 0 Å². The molecule has 0 aliphatic carbocycles. The summed E-state index contributed by atoms with van der Waals surface area (Å²) in [6.07, 6.45) is 4.18. The Morgan fingerprint density at radius 1 is 1.27 bits per heavy atom. The number of carbonyl (C=O) groups is 1. The van der Waals surface area contributed by atoms with E-state index in [1.54, 1.807) is 0 Å². The number of likely N-dealkylation sites (tertiary alicyclic amines) is 1. The summed E-state index contributed by atoms with van der Waals surface area (Å²) in [5.74, 6) is 0. The molecule has 22 heavy (non-hydrogen) atoms.